The average molecular weight is 285 g/mol. The molecule has 20 heavy (non-hydrogen) atoms. The van der Waals surface area contributed by atoms with E-state index in [4.69, 9.17) is 9.47 Å². The molecule has 7 heteroatoms. The van der Waals surface area contributed by atoms with Gasteiger partial charge in [0.15, 0.2) is 0 Å². The minimum absolute atomic E-state index is 0.00327. The van der Waals surface area contributed by atoms with Gasteiger partial charge in [0, 0.05) is 25.4 Å². The van der Waals surface area contributed by atoms with Crippen molar-refractivity contribution in [2.75, 3.05) is 33.4 Å². The van der Waals surface area contributed by atoms with Crippen molar-refractivity contribution in [1.29, 1.82) is 0 Å². The Morgan fingerprint density at radius 3 is 2.65 bits per heavy atom. The minimum atomic E-state index is -0.556. The summed E-state index contributed by atoms with van der Waals surface area (Å²) in [5.74, 6) is -1.07. The van der Waals surface area contributed by atoms with Crippen LogP contribution in [0.4, 0.5) is 0 Å². The van der Waals surface area contributed by atoms with Crippen LogP contribution < -0.4 is 0 Å². The van der Waals surface area contributed by atoms with Crippen molar-refractivity contribution in [2.45, 2.75) is 25.4 Å². The van der Waals surface area contributed by atoms with Crippen LogP contribution in [0.1, 0.15) is 19.3 Å². The van der Waals surface area contributed by atoms with E-state index in [0.29, 0.717) is 26.3 Å². The molecule has 2 rings (SSSR count). The van der Waals surface area contributed by atoms with Gasteiger partial charge in [-0.05, 0) is 0 Å². The first kappa shape index (κ1) is 14.8. The summed E-state index contributed by atoms with van der Waals surface area (Å²) in [6.45, 7) is 2.22. The molecule has 0 aromatic rings. The summed E-state index contributed by atoms with van der Waals surface area (Å²) in [5, 5.41) is 0. The summed E-state index contributed by atoms with van der Waals surface area (Å²) in [6.07, 6.45) is -0.158. The van der Waals surface area contributed by atoms with E-state index >= 15 is 0 Å². The molecular weight excluding hydrogens is 266 g/mol. The second-order valence-electron chi connectivity index (χ2n) is 4.97. The van der Waals surface area contributed by atoms with Gasteiger partial charge in [-0.25, -0.2) is 0 Å². The molecule has 0 bridgehead atoms. The van der Waals surface area contributed by atoms with E-state index in [2.05, 4.69) is 4.74 Å². The molecule has 0 aromatic heterocycles. The second kappa shape index (κ2) is 6.69. The fraction of sp³-hybridized carbons (Fsp3) is 0.769. The Morgan fingerprint density at radius 1 is 1.30 bits per heavy atom. The van der Waals surface area contributed by atoms with E-state index < -0.39 is 12.1 Å². The number of nitrogens with zero attached hydrogens (tertiary/aromatic N) is 1. The van der Waals surface area contributed by atoms with E-state index in [1.807, 2.05) is 0 Å². The van der Waals surface area contributed by atoms with E-state index in [-0.39, 0.29) is 37.1 Å². The SMILES string of the molecule is COC(=O)CC1OC(=O)CC1CC(=O)N1CCOCC1. The van der Waals surface area contributed by atoms with Crippen molar-refractivity contribution >= 4 is 17.8 Å². The highest BCUT2D eigenvalue weighted by Gasteiger charge is 2.38. The van der Waals surface area contributed by atoms with E-state index in [1.54, 1.807) is 4.90 Å². The first-order valence-electron chi connectivity index (χ1n) is 6.72. The third kappa shape index (κ3) is 3.69. The van der Waals surface area contributed by atoms with Gasteiger partial charge in [-0.1, -0.05) is 0 Å². The normalized spacial score (nSPS) is 26.2. The van der Waals surface area contributed by atoms with Gasteiger partial charge < -0.3 is 19.1 Å². The summed E-state index contributed by atoms with van der Waals surface area (Å²) in [6, 6.07) is 0. The van der Waals surface area contributed by atoms with Gasteiger partial charge in [0.05, 0.1) is 33.2 Å². The van der Waals surface area contributed by atoms with Crippen LogP contribution in [-0.4, -0.2) is 62.3 Å². The van der Waals surface area contributed by atoms with E-state index in [0.717, 1.165) is 0 Å². The van der Waals surface area contributed by atoms with Crippen LogP contribution in [0.15, 0.2) is 0 Å². The van der Waals surface area contributed by atoms with Crippen LogP contribution in [0, 0.1) is 5.92 Å². The molecule has 2 heterocycles. The Balaban J connectivity index is 1.90. The van der Waals surface area contributed by atoms with Crippen LogP contribution in [0.3, 0.4) is 0 Å². The first-order chi connectivity index (χ1) is 9.60. The van der Waals surface area contributed by atoms with Crippen LogP contribution >= 0.6 is 0 Å². The lowest BCUT2D eigenvalue weighted by Crippen LogP contribution is -2.42. The lowest BCUT2D eigenvalue weighted by atomic mass is 9.94. The van der Waals surface area contributed by atoms with Crippen LogP contribution in [0.25, 0.3) is 0 Å². The molecule has 0 aliphatic carbocycles. The third-order valence-corrected chi connectivity index (χ3v) is 3.63. The van der Waals surface area contributed by atoms with Crippen LogP contribution in [-0.2, 0) is 28.6 Å². The summed E-state index contributed by atoms with van der Waals surface area (Å²) < 4.78 is 14.9. The number of hydrogen-bond donors (Lipinski definition) is 0. The molecule has 2 aliphatic heterocycles. The first-order valence-corrected chi connectivity index (χ1v) is 6.72. The van der Waals surface area contributed by atoms with Gasteiger partial charge >= 0.3 is 11.9 Å². The van der Waals surface area contributed by atoms with Crippen LogP contribution in [0.2, 0.25) is 0 Å². The summed E-state index contributed by atoms with van der Waals surface area (Å²) >= 11 is 0. The number of carbonyl (C=O) groups excluding carboxylic acids is 3. The Morgan fingerprint density at radius 2 is 2.00 bits per heavy atom. The highest BCUT2D eigenvalue weighted by Crippen LogP contribution is 2.28. The zero-order valence-corrected chi connectivity index (χ0v) is 11.5. The lowest BCUT2D eigenvalue weighted by molar-refractivity contribution is -0.149. The molecule has 0 radical (unpaired) electrons. The number of methoxy groups -OCH3 is 1. The zero-order valence-electron chi connectivity index (χ0n) is 11.5. The molecule has 1 amide bonds. The quantitative estimate of drug-likeness (QED) is 0.661. The van der Waals surface area contributed by atoms with Crippen molar-refractivity contribution in [3.63, 3.8) is 0 Å². The van der Waals surface area contributed by atoms with E-state index in [1.165, 1.54) is 7.11 Å². The molecule has 0 spiro atoms. The zero-order chi connectivity index (χ0) is 14.5. The van der Waals surface area contributed by atoms with Crippen molar-refractivity contribution in [3.05, 3.63) is 0 Å². The predicted molar refractivity (Wildman–Crippen MR) is 66.6 cm³/mol. The monoisotopic (exact) mass is 285 g/mol. The minimum Gasteiger partial charge on any atom is -0.469 e. The number of morpholine rings is 1. The largest absolute Gasteiger partial charge is 0.469 e. The summed E-state index contributed by atoms with van der Waals surface area (Å²) in [4.78, 5) is 36.5. The van der Waals surface area contributed by atoms with Gasteiger partial charge in [-0.3, -0.25) is 14.4 Å². The predicted octanol–water partition coefficient (Wildman–Crippen LogP) is -0.270. The maximum absolute atomic E-state index is 12.1. The van der Waals surface area contributed by atoms with Crippen LogP contribution in [0.5, 0.6) is 0 Å². The number of carbonyl (C=O) groups is 3. The Labute approximate surface area is 117 Å². The van der Waals surface area contributed by atoms with Crippen molar-refractivity contribution < 1.29 is 28.6 Å². The Kier molecular flexibility index (Phi) is 4.94. The molecule has 2 unspecified atom stereocenters. The molecule has 7 nitrogen and oxygen atoms in total. The van der Waals surface area contributed by atoms with Gasteiger partial charge in [0.1, 0.15) is 6.10 Å². The number of amides is 1. The van der Waals surface area contributed by atoms with Crippen molar-refractivity contribution in [2.24, 2.45) is 5.92 Å². The molecule has 112 valence electrons. The average Bonchev–Trinajstić information content (AvgIpc) is 2.79. The van der Waals surface area contributed by atoms with Gasteiger partial charge in [-0.15, -0.1) is 0 Å². The van der Waals surface area contributed by atoms with Gasteiger partial charge in [0.25, 0.3) is 0 Å². The fourth-order valence-corrected chi connectivity index (χ4v) is 2.48. The highest BCUT2D eigenvalue weighted by atomic mass is 16.6. The fourth-order valence-electron chi connectivity index (χ4n) is 2.48. The maximum Gasteiger partial charge on any atom is 0.309 e. The molecule has 2 atom stereocenters. The Hall–Kier alpha value is -1.63. The van der Waals surface area contributed by atoms with Crippen molar-refractivity contribution in [1.82, 2.24) is 4.90 Å². The maximum atomic E-state index is 12.1. The molecule has 0 N–H and O–H groups in total. The van der Waals surface area contributed by atoms with Gasteiger partial charge in [-0.2, -0.15) is 0 Å². The highest BCUT2D eigenvalue weighted by molar-refractivity contribution is 5.80. The molecule has 2 aliphatic rings. The van der Waals surface area contributed by atoms with E-state index in [9.17, 15) is 14.4 Å². The smallest absolute Gasteiger partial charge is 0.309 e. The number of rotatable bonds is 4. The number of cyclic esters (lactones) is 1. The molecule has 0 saturated carbocycles. The summed E-state index contributed by atoms with van der Waals surface area (Å²) in [7, 11) is 1.28. The topological polar surface area (TPSA) is 82.1 Å². The second-order valence-corrected chi connectivity index (χ2v) is 4.97. The number of ether oxygens (including phenoxy) is 3. The third-order valence-electron chi connectivity index (χ3n) is 3.63. The number of esters is 2. The molecular formula is C13H19NO6. The molecule has 2 fully saturated rings. The molecule has 0 aromatic carbocycles. The summed E-state index contributed by atoms with van der Waals surface area (Å²) in [5.41, 5.74) is 0. The Bertz CT molecular complexity index is 390. The lowest BCUT2D eigenvalue weighted by Gasteiger charge is -2.28. The van der Waals surface area contributed by atoms with Gasteiger partial charge in [0.2, 0.25) is 5.91 Å². The molecule has 2 saturated heterocycles. The van der Waals surface area contributed by atoms with Crippen molar-refractivity contribution in [3.8, 4) is 0 Å². The standard InChI is InChI=1S/C13H19NO6/c1-18-12(16)8-10-9(7-13(17)20-10)6-11(15)14-2-4-19-5-3-14/h9-10H,2-8H2,1H3. The number of hydrogen-bond acceptors (Lipinski definition) is 6.